The maximum atomic E-state index is 14.3. The number of aromatic nitrogens is 3. The van der Waals surface area contributed by atoms with E-state index in [1.54, 1.807) is 30.5 Å². The van der Waals surface area contributed by atoms with Crippen molar-refractivity contribution in [2.24, 2.45) is 5.92 Å². The van der Waals surface area contributed by atoms with E-state index in [9.17, 15) is 9.18 Å². The second-order valence-corrected chi connectivity index (χ2v) is 15.9. The van der Waals surface area contributed by atoms with Crippen molar-refractivity contribution in [3.63, 3.8) is 0 Å². The number of carbonyl (C=O) groups excluding carboxylic acids is 1. The molecular weight excluding hydrogens is 731 g/mol. The minimum atomic E-state index is -0.710. The third-order valence-corrected chi connectivity index (χ3v) is 10.1. The number of carbonyl (C=O) groups is 1. The van der Waals surface area contributed by atoms with Crippen molar-refractivity contribution in [2.75, 3.05) is 38.6 Å². The molecule has 2 N–H and O–H groups in total. The largest absolute Gasteiger partial charge is 0.497 e. The van der Waals surface area contributed by atoms with Crippen LogP contribution in [0.5, 0.6) is 5.75 Å². The van der Waals surface area contributed by atoms with Gasteiger partial charge in [-0.3, -0.25) is 0 Å². The van der Waals surface area contributed by atoms with Crippen LogP contribution in [0.3, 0.4) is 0 Å². The van der Waals surface area contributed by atoms with Gasteiger partial charge in [0.2, 0.25) is 0 Å². The van der Waals surface area contributed by atoms with Gasteiger partial charge in [0, 0.05) is 42.8 Å². The summed E-state index contributed by atoms with van der Waals surface area (Å²) in [6.45, 7) is 12.3. The Hall–Kier alpha value is -3.78. The Morgan fingerprint density at radius 1 is 1.10 bits per heavy atom. The number of hydrogen-bond acceptors (Lipinski definition) is 9. The normalized spacial score (nSPS) is 20.9. The van der Waals surface area contributed by atoms with Crippen molar-refractivity contribution < 1.29 is 28.1 Å². The third kappa shape index (κ3) is 9.05. The van der Waals surface area contributed by atoms with E-state index in [0.29, 0.717) is 44.6 Å². The molecule has 0 bridgehead atoms. The van der Waals surface area contributed by atoms with E-state index < -0.39 is 17.5 Å². The number of ether oxygens (including phenoxy) is 4. The molecule has 1 saturated heterocycles. The van der Waals surface area contributed by atoms with Crippen LogP contribution in [-0.2, 0) is 27.2 Å². The zero-order chi connectivity index (χ0) is 37.0. The number of rotatable bonds is 14. The average molecular weight is 782 g/mol. The fourth-order valence-corrected chi connectivity index (χ4v) is 7.73. The number of benzene rings is 2. The molecule has 1 amide bonds. The van der Waals surface area contributed by atoms with E-state index in [4.69, 9.17) is 23.9 Å². The summed E-state index contributed by atoms with van der Waals surface area (Å²) in [6.07, 6.45) is 4.98. The highest BCUT2D eigenvalue weighted by Gasteiger charge is 2.54. The van der Waals surface area contributed by atoms with Crippen LogP contribution < -0.4 is 15.4 Å². The van der Waals surface area contributed by atoms with Gasteiger partial charge in [0.15, 0.2) is 5.79 Å². The molecule has 2 aromatic carbocycles. The highest BCUT2D eigenvalue weighted by Crippen LogP contribution is 2.48. The first-order valence-electron chi connectivity index (χ1n) is 18.0. The van der Waals surface area contributed by atoms with Crippen molar-refractivity contribution in [3.05, 3.63) is 82.5 Å². The molecule has 11 nitrogen and oxygen atoms in total. The zero-order valence-electron chi connectivity index (χ0n) is 30.8. The fourth-order valence-electron chi connectivity index (χ4n) is 7.14. The number of methoxy groups -OCH3 is 1. The molecule has 6 rings (SSSR count). The van der Waals surface area contributed by atoms with Gasteiger partial charge < -0.3 is 39.0 Å². The standard InChI is InChI=1S/C39H50BrFN6O5/c1-38(2,3)52-37(48)46(19-16-26-10-7-8-11-30(26)41)18-9-17-42-22-27-20-31(34-33(27)50-39(4,5)51-34)47-23-29(40)32-35(44-24-45-36(32)47)43-21-25-12-14-28(49-6)15-13-25/h7-8,10-15,23-24,27,31,33-34,42H,9,16-22H2,1-6H3,(H,43,44,45)/t27-,31-,33-,34+/m1/s1. The molecule has 1 aliphatic carbocycles. The molecule has 4 aromatic rings. The lowest BCUT2D eigenvalue weighted by Gasteiger charge is -2.28. The second-order valence-electron chi connectivity index (χ2n) is 15.0. The first-order valence-corrected chi connectivity index (χ1v) is 18.8. The highest BCUT2D eigenvalue weighted by atomic mass is 79.9. The Kier molecular flexibility index (Phi) is 11.7. The number of anilines is 1. The van der Waals surface area contributed by atoms with Gasteiger partial charge in [0.25, 0.3) is 0 Å². The van der Waals surface area contributed by atoms with E-state index in [2.05, 4.69) is 42.3 Å². The van der Waals surface area contributed by atoms with Gasteiger partial charge in [-0.1, -0.05) is 30.3 Å². The minimum absolute atomic E-state index is 0.00208. The van der Waals surface area contributed by atoms with Gasteiger partial charge in [0.1, 0.15) is 41.1 Å². The van der Waals surface area contributed by atoms with Crippen molar-refractivity contribution in [1.82, 2.24) is 24.8 Å². The molecule has 1 aliphatic heterocycles. The van der Waals surface area contributed by atoms with E-state index in [0.717, 1.165) is 45.6 Å². The Bertz CT molecular complexity index is 1830. The third-order valence-electron chi connectivity index (χ3n) is 9.54. The number of hydrogen-bond donors (Lipinski definition) is 2. The van der Waals surface area contributed by atoms with Crippen LogP contribution in [0, 0.1) is 11.7 Å². The smallest absolute Gasteiger partial charge is 0.410 e. The van der Waals surface area contributed by atoms with Gasteiger partial charge in [0.05, 0.1) is 24.6 Å². The van der Waals surface area contributed by atoms with Crippen molar-refractivity contribution in [3.8, 4) is 5.75 Å². The van der Waals surface area contributed by atoms with Crippen LogP contribution in [0.15, 0.2) is 65.5 Å². The molecule has 0 unspecified atom stereocenters. The SMILES string of the molecule is COc1ccc(CNc2ncnc3c2c(Br)cn3[C@@H]2C[C@H](CNCCCN(CCc3ccccc3F)C(=O)OC(C)(C)C)[C@H]3OC(C)(C)O[C@H]32)cc1. The topological polar surface area (TPSA) is 112 Å². The predicted molar refractivity (Wildman–Crippen MR) is 202 cm³/mol. The molecule has 2 aromatic heterocycles. The van der Waals surface area contributed by atoms with Crippen LogP contribution in [-0.4, -0.2) is 82.4 Å². The lowest BCUT2D eigenvalue weighted by Crippen LogP contribution is -2.40. The van der Waals surface area contributed by atoms with Crippen LogP contribution >= 0.6 is 15.9 Å². The number of halogens is 2. The van der Waals surface area contributed by atoms with Crippen molar-refractivity contribution in [1.29, 1.82) is 0 Å². The Balaban J connectivity index is 1.09. The van der Waals surface area contributed by atoms with Crippen molar-refractivity contribution in [2.45, 2.75) is 90.1 Å². The molecule has 2 fully saturated rings. The van der Waals surface area contributed by atoms with Crippen LogP contribution in [0.1, 0.15) is 64.6 Å². The number of amides is 1. The summed E-state index contributed by atoms with van der Waals surface area (Å²) in [4.78, 5) is 24.1. The molecular formula is C39H50BrFN6O5. The lowest BCUT2D eigenvalue weighted by atomic mass is 10.1. The number of fused-ring (bicyclic) bond motifs is 2. The maximum Gasteiger partial charge on any atom is 0.410 e. The summed E-state index contributed by atoms with van der Waals surface area (Å²) >= 11 is 3.80. The summed E-state index contributed by atoms with van der Waals surface area (Å²) in [6, 6.07) is 14.6. The molecule has 2 aliphatic rings. The molecule has 3 heterocycles. The summed E-state index contributed by atoms with van der Waals surface area (Å²) in [5.41, 5.74) is 1.88. The molecule has 4 atom stereocenters. The van der Waals surface area contributed by atoms with E-state index in [1.807, 2.05) is 65.0 Å². The van der Waals surface area contributed by atoms with Crippen LogP contribution in [0.4, 0.5) is 15.0 Å². The molecule has 0 spiro atoms. The predicted octanol–water partition coefficient (Wildman–Crippen LogP) is 7.49. The highest BCUT2D eigenvalue weighted by molar-refractivity contribution is 9.10. The molecule has 1 saturated carbocycles. The summed E-state index contributed by atoms with van der Waals surface area (Å²) in [7, 11) is 1.66. The Morgan fingerprint density at radius 3 is 2.58 bits per heavy atom. The van der Waals surface area contributed by atoms with Gasteiger partial charge in [-0.25, -0.2) is 19.2 Å². The van der Waals surface area contributed by atoms with Crippen molar-refractivity contribution >= 4 is 38.9 Å². The quantitative estimate of drug-likeness (QED) is 0.126. The van der Waals surface area contributed by atoms with Gasteiger partial charge in [-0.15, -0.1) is 0 Å². The number of nitrogens with zero attached hydrogens (tertiary/aromatic N) is 4. The first kappa shape index (κ1) is 38.0. The van der Waals surface area contributed by atoms with Gasteiger partial charge in [-0.05, 0) is 106 Å². The van der Waals surface area contributed by atoms with Gasteiger partial charge >= 0.3 is 6.09 Å². The minimum Gasteiger partial charge on any atom is -0.497 e. The molecule has 52 heavy (non-hydrogen) atoms. The average Bonchev–Trinajstić information content (AvgIpc) is 3.72. The molecule has 0 radical (unpaired) electrons. The summed E-state index contributed by atoms with van der Waals surface area (Å²) < 4.78 is 41.4. The van der Waals surface area contributed by atoms with E-state index >= 15 is 0 Å². The lowest BCUT2D eigenvalue weighted by molar-refractivity contribution is -0.160. The summed E-state index contributed by atoms with van der Waals surface area (Å²) in [5, 5.41) is 8.02. The fraction of sp³-hybridized carbons (Fsp3) is 0.513. The Labute approximate surface area is 313 Å². The maximum absolute atomic E-state index is 14.3. The number of nitrogens with one attached hydrogen (secondary N) is 2. The molecule has 280 valence electrons. The first-order chi connectivity index (χ1) is 24.8. The summed E-state index contributed by atoms with van der Waals surface area (Å²) in [5.74, 6) is 0.773. The van der Waals surface area contributed by atoms with Crippen LogP contribution in [0.2, 0.25) is 0 Å². The van der Waals surface area contributed by atoms with E-state index in [-0.39, 0.29) is 30.0 Å². The zero-order valence-corrected chi connectivity index (χ0v) is 32.4. The second kappa shape index (κ2) is 16.1. The monoisotopic (exact) mass is 780 g/mol. The van der Waals surface area contributed by atoms with Gasteiger partial charge in [-0.2, -0.15) is 0 Å². The van der Waals surface area contributed by atoms with Crippen LogP contribution in [0.25, 0.3) is 11.0 Å². The molecule has 13 heteroatoms. The Morgan fingerprint density at radius 2 is 1.85 bits per heavy atom. The van der Waals surface area contributed by atoms with E-state index in [1.165, 1.54) is 6.07 Å².